The van der Waals surface area contributed by atoms with Crippen LogP contribution < -0.4 is 45.7 Å². The number of anilines is 1. The topological polar surface area (TPSA) is 176 Å². The number of fused-ring (bicyclic) bond motifs is 1. The molecule has 3 heterocycles. The number of hydrogen-bond acceptors (Lipinski definition) is 12. The van der Waals surface area contributed by atoms with Crippen molar-refractivity contribution in [3.63, 3.8) is 0 Å². The number of rotatable bonds is 9. The Balaban J connectivity index is 0.00000432. The van der Waals surface area contributed by atoms with Crippen molar-refractivity contribution in [2.75, 3.05) is 25.2 Å². The number of aromatic nitrogens is 1. The third-order valence-corrected chi connectivity index (χ3v) is 6.63. The van der Waals surface area contributed by atoms with Crippen LogP contribution in [0.15, 0.2) is 46.1 Å². The molecule has 1 aromatic rings. The average molecular weight is 530 g/mol. The number of β-lactam (4-membered cyclic amide) rings is 1. The molecule has 0 bridgehead atoms. The fourth-order valence-corrected chi connectivity index (χ4v) is 5.01. The van der Waals surface area contributed by atoms with Crippen LogP contribution in [0.5, 0.6) is 0 Å². The number of esters is 1. The number of oxime groups is 1. The van der Waals surface area contributed by atoms with E-state index in [2.05, 4.69) is 15.5 Å². The van der Waals surface area contributed by atoms with Gasteiger partial charge < -0.3 is 30.5 Å². The van der Waals surface area contributed by atoms with Crippen LogP contribution in [0.1, 0.15) is 12.6 Å². The smallest absolute Gasteiger partial charge is 0.543 e. The zero-order valence-electron chi connectivity index (χ0n) is 19.0. The molecule has 12 nitrogen and oxygen atoms in total. The summed E-state index contributed by atoms with van der Waals surface area (Å²) in [6.07, 6.45) is 6.02. The Kier molecular flexibility index (Phi) is 10.5. The summed E-state index contributed by atoms with van der Waals surface area (Å²) >= 11 is 2.31. The second-order valence-electron chi connectivity index (χ2n) is 6.79. The van der Waals surface area contributed by atoms with Gasteiger partial charge in [0.2, 0.25) is 0 Å². The van der Waals surface area contributed by atoms with Crippen molar-refractivity contribution in [2.24, 2.45) is 5.16 Å². The number of nitrogen functional groups attached to an aromatic ring is 1. The van der Waals surface area contributed by atoms with Crippen LogP contribution in [-0.2, 0) is 28.8 Å². The second kappa shape index (κ2) is 12.9. The van der Waals surface area contributed by atoms with E-state index in [4.69, 9.17) is 15.3 Å². The maximum Gasteiger partial charge on any atom is 1.00 e. The molecule has 0 aliphatic carbocycles. The van der Waals surface area contributed by atoms with E-state index in [0.717, 1.165) is 16.2 Å². The number of hydrogen-bond donors (Lipinski definition) is 2. The Morgan fingerprint density at radius 2 is 2.14 bits per heavy atom. The molecule has 0 saturated carbocycles. The monoisotopic (exact) mass is 529 g/mol. The summed E-state index contributed by atoms with van der Waals surface area (Å²) in [4.78, 5) is 58.8. The molecule has 180 valence electrons. The van der Waals surface area contributed by atoms with Crippen molar-refractivity contribution in [1.29, 1.82) is 0 Å². The van der Waals surface area contributed by atoms with Gasteiger partial charge in [0.05, 0.1) is 11.7 Å². The molecule has 0 radical (unpaired) electrons. The Morgan fingerprint density at radius 3 is 2.74 bits per heavy atom. The number of carbonyl (C=O) groups excluding carboxylic acids is 4. The van der Waals surface area contributed by atoms with Crippen LogP contribution in [0.3, 0.4) is 0 Å². The van der Waals surface area contributed by atoms with Gasteiger partial charge in [0.15, 0.2) is 10.8 Å². The van der Waals surface area contributed by atoms with Crippen LogP contribution in [0.25, 0.3) is 0 Å². The number of carboxylic acid groups (broad SMARTS) is 1. The molecule has 0 aromatic carbocycles. The number of carboxylic acids is 1. The largest absolute Gasteiger partial charge is 1.00 e. The third-order valence-electron chi connectivity index (χ3n) is 4.61. The Morgan fingerprint density at radius 1 is 1.40 bits per heavy atom. The van der Waals surface area contributed by atoms with Crippen molar-refractivity contribution in [3.8, 4) is 0 Å². The molecule has 3 rings (SSSR count). The van der Waals surface area contributed by atoms with E-state index in [9.17, 15) is 24.3 Å². The number of thiazole rings is 1. The summed E-state index contributed by atoms with van der Waals surface area (Å²) in [5.74, 6) is -3.49. The quantitative estimate of drug-likeness (QED) is 0.0613. The van der Waals surface area contributed by atoms with Gasteiger partial charge in [0.25, 0.3) is 11.8 Å². The Bertz CT molecular complexity index is 1130. The van der Waals surface area contributed by atoms with Gasteiger partial charge in [0, 0.05) is 22.8 Å². The molecule has 0 spiro atoms. The number of carbonyl (C=O) groups is 4. The molecule has 2 amide bonds. The normalized spacial score (nSPS) is 19.8. The van der Waals surface area contributed by atoms with E-state index in [-0.39, 0.29) is 69.7 Å². The molecule has 1 fully saturated rings. The summed E-state index contributed by atoms with van der Waals surface area (Å²) in [6.45, 7) is 1.46. The van der Waals surface area contributed by atoms with Gasteiger partial charge in [-0.15, -0.1) is 23.1 Å². The minimum Gasteiger partial charge on any atom is -0.543 e. The first-order valence-electron chi connectivity index (χ1n) is 9.76. The number of thioether (sulfide) groups is 1. The van der Waals surface area contributed by atoms with Gasteiger partial charge in [-0.1, -0.05) is 23.4 Å². The van der Waals surface area contributed by atoms with E-state index >= 15 is 0 Å². The predicted molar refractivity (Wildman–Crippen MR) is 122 cm³/mol. The second-order valence-corrected chi connectivity index (χ2v) is 8.78. The summed E-state index contributed by atoms with van der Waals surface area (Å²) in [7, 11) is 1.25. The van der Waals surface area contributed by atoms with E-state index < -0.39 is 35.2 Å². The number of aliphatic carboxylic acids is 1. The van der Waals surface area contributed by atoms with Gasteiger partial charge >= 0.3 is 35.5 Å². The van der Waals surface area contributed by atoms with Crippen molar-refractivity contribution >= 4 is 57.7 Å². The fourth-order valence-electron chi connectivity index (χ4n) is 3.14. The predicted octanol–water partition coefficient (Wildman–Crippen LogP) is -3.84. The summed E-state index contributed by atoms with van der Waals surface area (Å²) in [5, 5.41) is 19.0. The Hall–Kier alpha value is -2.65. The first-order valence-corrected chi connectivity index (χ1v) is 11.7. The fraction of sp³-hybridized carbons (Fsp3) is 0.300. The minimum absolute atomic E-state index is 0. The summed E-state index contributed by atoms with van der Waals surface area (Å²) in [5.41, 5.74) is 5.43. The average Bonchev–Trinajstić information content (AvgIpc) is 3.24. The molecule has 2 aliphatic rings. The van der Waals surface area contributed by atoms with Crippen molar-refractivity contribution in [2.45, 2.75) is 18.3 Å². The van der Waals surface area contributed by atoms with Crippen LogP contribution in [0.4, 0.5) is 5.13 Å². The molecule has 1 aromatic heterocycles. The van der Waals surface area contributed by atoms with E-state index in [1.807, 2.05) is 0 Å². The first-order chi connectivity index (χ1) is 16.3. The molecule has 2 aliphatic heterocycles. The van der Waals surface area contributed by atoms with Crippen molar-refractivity contribution in [1.82, 2.24) is 15.2 Å². The SMILES string of the molecule is C/C=C/C=C/C(=O)OCC1=C(C(=O)[O-])N2C(=O)[C@@H](NC(=O)/C(=N\OC)c3csc(N)n3)[C@H]2SC1.[Na+]. The zero-order valence-corrected chi connectivity index (χ0v) is 22.7. The molecule has 15 heteroatoms. The zero-order chi connectivity index (χ0) is 24.8. The maximum atomic E-state index is 12.8. The minimum atomic E-state index is -1.58. The van der Waals surface area contributed by atoms with Crippen LogP contribution in [0.2, 0.25) is 0 Å². The number of ether oxygens (including phenoxy) is 1. The van der Waals surface area contributed by atoms with Crippen LogP contribution in [0, 0.1) is 0 Å². The Labute approximate surface area is 230 Å². The maximum absolute atomic E-state index is 12.8. The summed E-state index contributed by atoms with van der Waals surface area (Å²) < 4.78 is 5.08. The number of nitrogens with zero attached hydrogens (tertiary/aromatic N) is 3. The van der Waals surface area contributed by atoms with Crippen molar-refractivity contribution < 1.29 is 63.4 Å². The van der Waals surface area contributed by atoms with Crippen LogP contribution >= 0.6 is 23.1 Å². The van der Waals surface area contributed by atoms with Crippen molar-refractivity contribution in [3.05, 3.63) is 46.6 Å². The molecular formula is C20H20N5NaO7S2. The first kappa shape index (κ1) is 28.6. The number of allylic oxidation sites excluding steroid dienone is 3. The van der Waals surface area contributed by atoms with Gasteiger partial charge in [0.1, 0.15) is 30.8 Å². The molecule has 1 saturated heterocycles. The molecule has 35 heavy (non-hydrogen) atoms. The number of nitrogens with one attached hydrogen (secondary N) is 1. The number of nitrogens with two attached hydrogens (primary N) is 1. The van der Waals surface area contributed by atoms with Gasteiger partial charge in [-0.25, -0.2) is 9.78 Å². The third kappa shape index (κ3) is 6.52. The molecular weight excluding hydrogens is 509 g/mol. The van der Waals surface area contributed by atoms with E-state index in [1.54, 1.807) is 19.1 Å². The van der Waals surface area contributed by atoms with E-state index in [0.29, 0.717) is 0 Å². The summed E-state index contributed by atoms with van der Waals surface area (Å²) in [6, 6.07) is -1.02. The van der Waals surface area contributed by atoms with Crippen LogP contribution in [-0.4, -0.2) is 70.2 Å². The standard InChI is InChI=1S/C20H21N5O7S2.Na/c1-3-4-5-6-12(26)32-7-10-8-33-18-14(17(28)25(18)15(10)19(29)30)23-16(27)13(24-31-2)11-9-34-20(21)22-11;/h3-6,9,14,18H,7-8H2,1-2H3,(H2,21,22)(H,23,27)(H,29,30);/q;+1/p-1/b4-3+,6-5+,24-13-;/t14-,18-;/m1./s1. The molecule has 0 unspecified atom stereocenters. The van der Waals surface area contributed by atoms with Gasteiger partial charge in [-0.05, 0) is 6.92 Å². The molecule has 2 atom stereocenters. The van der Waals surface area contributed by atoms with E-state index in [1.165, 1.54) is 36.4 Å². The molecule has 3 N–H and O–H groups in total. The number of amides is 2. The van der Waals surface area contributed by atoms with Gasteiger partial charge in [-0.3, -0.25) is 14.5 Å². The van der Waals surface area contributed by atoms with Gasteiger partial charge in [-0.2, -0.15) is 0 Å².